The summed E-state index contributed by atoms with van der Waals surface area (Å²) < 4.78 is 55.1. The van der Waals surface area contributed by atoms with E-state index in [1.165, 1.54) is 0 Å². The molecule has 344 valence electrons. The predicted molar refractivity (Wildman–Crippen MR) is 253 cm³/mol. The number of halogens is 2. The Morgan fingerprint density at radius 3 is 2.30 bits per heavy atom. The van der Waals surface area contributed by atoms with Gasteiger partial charge >= 0.3 is 5.97 Å². The van der Waals surface area contributed by atoms with Gasteiger partial charge in [0.15, 0.2) is 26.9 Å². The van der Waals surface area contributed by atoms with Crippen molar-refractivity contribution in [2.75, 3.05) is 37.8 Å². The molecule has 4 heterocycles. The zero-order valence-electron chi connectivity index (χ0n) is 36.0. The molecule has 0 saturated carbocycles. The highest BCUT2D eigenvalue weighted by Gasteiger charge is 2.43. The Morgan fingerprint density at radius 1 is 0.925 bits per heavy atom. The number of fused-ring (bicyclic) bond motifs is 2. The van der Waals surface area contributed by atoms with Crippen LogP contribution in [-0.4, -0.2) is 79.7 Å². The number of carbonyl (C=O) groups is 2. The number of benzene rings is 5. The van der Waals surface area contributed by atoms with Crippen LogP contribution in [0.5, 0.6) is 17.2 Å². The second-order valence-electron chi connectivity index (χ2n) is 16.3. The minimum absolute atomic E-state index is 0.00521. The molecule has 0 spiro atoms. The van der Waals surface area contributed by atoms with E-state index >= 15 is 0 Å². The number of morpholine rings is 1. The van der Waals surface area contributed by atoms with Gasteiger partial charge in [0.05, 0.1) is 40.6 Å². The molecule has 6 aromatic rings. The van der Waals surface area contributed by atoms with E-state index < -0.39 is 40.1 Å². The van der Waals surface area contributed by atoms with Gasteiger partial charge < -0.3 is 34.3 Å². The number of rotatable bonds is 13. The number of hydrogen-bond donors (Lipinski definition) is 2. The van der Waals surface area contributed by atoms with Crippen molar-refractivity contribution in [3.63, 3.8) is 0 Å². The Bertz CT molecular complexity index is 2980. The summed E-state index contributed by atoms with van der Waals surface area (Å²) in [5, 5.41) is 23.7. The smallest absolute Gasteiger partial charge is 0.326 e. The van der Waals surface area contributed by atoms with Gasteiger partial charge in [-0.05, 0) is 101 Å². The number of nitrogens with one attached hydrogen (secondary N) is 1. The number of aromatic nitrogens is 1. The van der Waals surface area contributed by atoms with Gasteiger partial charge in [0, 0.05) is 26.1 Å². The van der Waals surface area contributed by atoms with Crippen LogP contribution in [0.3, 0.4) is 0 Å². The van der Waals surface area contributed by atoms with Crippen molar-refractivity contribution >= 4 is 61.6 Å². The molecule has 0 bridgehead atoms. The molecule has 0 radical (unpaired) electrons. The minimum atomic E-state index is -4.39. The van der Waals surface area contributed by atoms with E-state index in [0.717, 1.165) is 37.9 Å². The molecule has 1 fully saturated rings. The van der Waals surface area contributed by atoms with Crippen LogP contribution in [0.15, 0.2) is 107 Å². The summed E-state index contributed by atoms with van der Waals surface area (Å²) in [6, 6.07) is 30.0. The molecule has 3 atom stereocenters. The van der Waals surface area contributed by atoms with Gasteiger partial charge in [-0.1, -0.05) is 89.1 Å². The molecule has 9 rings (SSSR count). The SMILES string of the molecule is Cc1nc(N2CCOCC2)sc1S(=O)(=O)N1Cc2cc3c(cc2C[C@H]1C(=O)NC(Cc1ccc(-c2ccc(C#N)cc2)cc1)C(=O)O)OC[C@H](c1ccc(OCc2ccc(Cl)c(Cl)c2)cc1)O3. The molecule has 0 aliphatic carbocycles. The number of carboxylic acid groups (broad SMARTS) is 1. The third-order valence-electron chi connectivity index (χ3n) is 11.9. The Hall–Kier alpha value is -6.19. The summed E-state index contributed by atoms with van der Waals surface area (Å²) in [7, 11) is -4.39. The van der Waals surface area contributed by atoms with Gasteiger partial charge in [-0.25, -0.2) is 18.2 Å². The molecular formula is C49H43Cl2N5O9S2. The minimum Gasteiger partial charge on any atom is -0.489 e. The first-order valence-corrected chi connectivity index (χ1v) is 24.4. The van der Waals surface area contributed by atoms with Crippen molar-refractivity contribution in [1.82, 2.24) is 14.6 Å². The molecule has 5 aromatic carbocycles. The van der Waals surface area contributed by atoms with Gasteiger partial charge in [0.1, 0.15) is 31.0 Å². The van der Waals surface area contributed by atoms with Gasteiger partial charge in [0.25, 0.3) is 10.0 Å². The molecule has 67 heavy (non-hydrogen) atoms. The lowest BCUT2D eigenvalue weighted by molar-refractivity contribution is -0.142. The van der Waals surface area contributed by atoms with Crippen LogP contribution in [0.4, 0.5) is 5.13 Å². The van der Waals surface area contributed by atoms with E-state index in [1.54, 1.807) is 55.5 Å². The monoisotopic (exact) mass is 979 g/mol. The molecular weight excluding hydrogens is 938 g/mol. The Kier molecular flexibility index (Phi) is 13.4. The normalized spacial score (nSPS) is 17.5. The molecule has 2 N–H and O–H groups in total. The van der Waals surface area contributed by atoms with Gasteiger partial charge in [0.2, 0.25) is 5.91 Å². The lowest BCUT2D eigenvalue weighted by Gasteiger charge is -2.36. The van der Waals surface area contributed by atoms with Gasteiger partial charge in [-0.3, -0.25) is 4.79 Å². The molecule has 1 amide bonds. The zero-order chi connectivity index (χ0) is 46.8. The number of carboxylic acids is 1. The van der Waals surface area contributed by atoms with Gasteiger partial charge in [-0.2, -0.15) is 9.57 Å². The van der Waals surface area contributed by atoms with Crippen molar-refractivity contribution < 1.29 is 42.1 Å². The number of nitrogens with zero attached hydrogens (tertiary/aromatic N) is 4. The maximum absolute atomic E-state index is 14.9. The summed E-state index contributed by atoms with van der Waals surface area (Å²) in [6.45, 7) is 3.97. The molecule has 1 unspecified atom stereocenters. The van der Waals surface area contributed by atoms with E-state index in [-0.39, 0.29) is 30.2 Å². The Balaban J connectivity index is 0.957. The number of thiazole rings is 1. The van der Waals surface area contributed by atoms with Crippen molar-refractivity contribution in [2.24, 2.45) is 0 Å². The second-order valence-corrected chi connectivity index (χ2v) is 20.2. The van der Waals surface area contributed by atoms with Crippen LogP contribution in [0.2, 0.25) is 10.0 Å². The number of carbonyl (C=O) groups excluding carboxylic acids is 1. The van der Waals surface area contributed by atoms with E-state index in [2.05, 4.69) is 16.4 Å². The topological polar surface area (TPSA) is 181 Å². The molecule has 14 nitrogen and oxygen atoms in total. The first-order chi connectivity index (χ1) is 32.3. The maximum atomic E-state index is 14.9. The summed E-state index contributed by atoms with van der Waals surface area (Å²) in [4.78, 5) is 33.8. The lowest BCUT2D eigenvalue weighted by atomic mass is 9.94. The van der Waals surface area contributed by atoms with Crippen molar-refractivity contribution in [1.29, 1.82) is 5.26 Å². The number of anilines is 1. The second kappa shape index (κ2) is 19.6. The van der Waals surface area contributed by atoms with E-state index in [9.17, 15) is 23.1 Å². The van der Waals surface area contributed by atoms with Crippen molar-refractivity contribution in [3.8, 4) is 34.4 Å². The number of ether oxygens (including phenoxy) is 4. The molecule has 1 saturated heterocycles. The van der Waals surface area contributed by atoms with Crippen molar-refractivity contribution in [2.45, 2.75) is 55.3 Å². The van der Waals surface area contributed by atoms with E-state index in [1.807, 2.05) is 59.5 Å². The summed E-state index contributed by atoms with van der Waals surface area (Å²) in [5.74, 6) is -0.546. The highest BCUT2D eigenvalue weighted by molar-refractivity contribution is 7.91. The number of nitriles is 1. The highest BCUT2D eigenvalue weighted by atomic mass is 35.5. The van der Waals surface area contributed by atoms with Crippen LogP contribution in [0.25, 0.3) is 11.1 Å². The van der Waals surface area contributed by atoms with Crippen LogP contribution in [0, 0.1) is 18.3 Å². The number of hydrogen-bond acceptors (Lipinski definition) is 12. The summed E-state index contributed by atoms with van der Waals surface area (Å²) in [5.41, 5.74) is 6.19. The lowest BCUT2D eigenvalue weighted by Crippen LogP contribution is -2.55. The molecule has 18 heteroatoms. The number of sulfonamides is 1. The van der Waals surface area contributed by atoms with Crippen LogP contribution < -0.4 is 24.4 Å². The van der Waals surface area contributed by atoms with E-state index in [4.69, 9.17) is 47.4 Å². The number of aryl methyl sites for hydroxylation is 1. The number of amides is 1. The summed E-state index contributed by atoms with van der Waals surface area (Å²) in [6.07, 6.45) is -0.616. The number of aliphatic carboxylic acids is 1. The first kappa shape index (κ1) is 45.9. The standard InChI is InChI=1S/C49H43Cl2N5O9S2/c1-29-48(66-49(53-29)55-16-18-62-19-17-55)67(60,61)56-26-37-24-44-43(64-28-45(65-44)35-11-13-38(14-12-35)63-27-32-6-15-39(50)40(51)20-32)23-36(37)22-42(56)46(57)54-41(47(58)59)21-30-2-7-33(8-3-30)34-9-4-31(25-52)5-10-34/h2-15,20,23-24,41-42,45H,16-19,21-22,26-28H2,1H3,(H,54,57)(H,58,59)/t41?,42-,45+/m0/s1. The van der Waals surface area contributed by atoms with Crippen LogP contribution in [0.1, 0.15) is 45.2 Å². The largest absolute Gasteiger partial charge is 0.489 e. The highest BCUT2D eigenvalue weighted by Crippen LogP contribution is 2.43. The molecule has 3 aliphatic rings. The van der Waals surface area contributed by atoms with Gasteiger partial charge in [-0.15, -0.1) is 0 Å². The maximum Gasteiger partial charge on any atom is 0.326 e. The third kappa shape index (κ3) is 10.1. The molecule has 3 aliphatic heterocycles. The fourth-order valence-corrected chi connectivity index (χ4v) is 11.8. The van der Waals surface area contributed by atoms with E-state index in [0.29, 0.717) is 93.3 Å². The average Bonchev–Trinajstić information content (AvgIpc) is 3.75. The zero-order valence-corrected chi connectivity index (χ0v) is 39.1. The van der Waals surface area contributed by atoms with Crippen LogP contribution in [-0.2, 0) is 50.3 Å². The average molecular weight is 981 g/mol. The summed E-state index contributed by atoms with van der Waals surface area (Å²) >= 11 is 13.2. The fraction of sp³-hybridized carbons (Fsp3) is 0.265. The first-order valence-electron chi connectivity index (χ1n) is 21.4. The van der Waals surface area contributed by atoms with Crippen molar-refractivity contribution in [3.05, 3.63) is 152 Å². The third-order valence-corrected chi connectivity index (χ3v) is 16.3. The quantitative estimate of drug-likeness (QED) is 0.114. The molecule has 1 aromatic heterocycles. The predicted octanol–water partition coefficient (Wildman–Crippen LogP) is 8.15. The van der Waals surface area contributed by atoms with Crippen LogP contribution >= 0.6 is 34.5 Å². The fourth-order valence-electron chi connectivity index (χ4n) is 8.22. The Morgan fingerprint density at radius 2 is 1.61 bits per heavy atom. The Labute approximate surface area is 401 Å².